The number of nitrogens with zero attached hydrogens (tertiary/aromatic N) is 1. The summed E-state index contributed by atoms with van der Waals surface area (Å²) >= 11 is 0. The van der Waals surface area contributed by atoms with Gasteiger partial charge in [-0.3, -0.25) is 4.79 Å². The number of amides is 2. The molecule has 0 aliphatic carbocycles. The van der Waals surface area contributed by atoms with Crippen molar-refractivity contribution in [1.82, 2.24) is 10.2 Å². The largest absolute Gasteiger partial charge is 0.444 e. The van der Waals surface area contributed by atoms with E-state index in [4.69, 9.17) is 4.74 Å². The molecule has 2 atom stereocenters. The number of carbonyl (C=O) groups excluding carboxylic acids is 2. The lowest BCUT2D eigenvalue weighted by Crippen LogP contribution is -2.52. The van der Waals surface area contributed by atoms with Gasteiger partial charge in [0.1, 0.15) is 5.60 Å². The Morgan fingerprint density at radius 3 is 2.71 bits per heavy atom. The Bertz CT molecular complexity index is 436. The number of hydrogen-bond acceptors (Lipinski definition) is 3. The highest BCUT2D eigenvalue weighted by Crippen LogP contribution is 2.45. The number of rotatable bonds is 1. The Balaban J connectivity index is 2.10. The third kappa shape index (κ3) is 3.44. The van der Waals surface area contributed by atoms with Crippen LogP contribution < -0.4 is 5.32 Å². The molecule has 5 nitrogen and oxygen atoms in total. The van der Waals surface area contributed by atoms with E-state index in [1.807, 2.05) is 0 Å². The molecule has 2 heterocycles. The molecule has 7 heteroatoms. The van der Waals surface area contributed by atoms with Gasteiger partial charge in [0.05, 0.1) is 0 Å². The zero-order valence-corrected chi connectivity index (χ0v) is 12.6. The maximum atomic E-state index is 13.3. The van der Waals surface area contributed by atoms with E-state index in [-0.39, 0.29) is 25.4 Å². The molecule has 1 spiro atoms. The molecule has 1 N–H and O–H groups in total. The molecule has 2 rings (SSSR count). The van der Waals surface area contributed by atoms with Crippen molar-refractivity contribution in [2.75, 3.05) is 19.6 Å². The molecule has 2 saturated heterocycles. The van der Waals surface area contributed by atoms with Gasteiger partial charge in [-0.1, -0.05) is 0 Å². The third-order valence-electron chi connectivity index (χ3n) is 4.16. The predicted octanol–water partition coefficient (Wildman–Crippen LogP) is 2.01. The molecule has 2 fully saturated rings. The van der Waals surface area contributed by atoms with Crippen LogP contribution in [-0.4, -0.2) is 48.6 Å². The van der Waals surface area contributed by atoms with Crippen LogP contribution in [0.4, 0.5) is 13.6 Å². The summed E-state index contributed by atoms with van der Waals surface area (Å²) in [5.41, 5.74) is -1.45. The number of alkyl halides is 2. The first-order valence-corrected chi connectivity index (χ1v) is 7.16. The van der Waals surface area contributed by atoms with Crippen LogP contribution in [0.2, 0.25) is 0 Å². The van der Waals surface area contributed by atoms with E-state index in [1.165, 1.54) is 4.90 Å². The Morgan fingerprint density at radius 2 is 2.14 bits per heavy atom. The highest BCUT2D eigenvalue weighted by atomic mass is 19.3. The lowest BCUT2D eigenvalue weighted by atomic mass is 9.70. The van der Waals surface area contributed by atoms with Crippen LogP contribution in [0.5, 0.6) is 0 Å². The molecule has 0 bridgehead atoms. The average Bonchev–Trinajstić information content (AvgIpc) is 2.70. The molecule has 2 amide bonds. The van der Waals surface area contributed by atoms with Gasteiger partial charge in [-0.05, 0) is 27.2 Å². The monoisotopic (exact) mass is 304 g/mol. The van der Waals surface area contributed by atoms with Gasteiger partial charge < -0.3 is 15.0 Å². The van der Waals surface area contributed by atoms with Crippen molar-refractivity contribution >= 4 is 12.0 Å². The summed E-state index contributed by atoms with van der Waals surface area (Å²) in [6, 6.07) is 0. The first-order chi connectivity index (χ1) is 9.63. The number of carbonyl (C=O) groups is 2. The third-order valence-corrected chi connectivity index (χ3v) is 4.16. The second kappa shape index (κ2) is 5.42. The van der Waals surface area contributed by atoms with Crippen molar-refractivity contribution in [1.29, 1.82) is 0 Å². The molecule has 0 aromatic carbocycles. The highest BCUT2D eigenvalue weighted by Gasteiger charge is 2.52. The summed E-state index contributed by atoms with van der Waals surface area (Å²) in [4.78, 5) is 25.1. The van der Waals surface area contributed by atoms with E-state index < -0.39 is 29.5 Å². The standard InChI is InChI=1S/C14H22F2N2O3/c1-13(2,3)21-12(20)18-5-4-14(8-18)6-10(19)17-7-9(14)11(15)16/h9,11H,4-8H2,1-3H3,(H,17,19). The fourth-order valence-electron chi connectivity index (χ4n) is 3.14. The second-order valence-electron chi connectivity index (χ2n) is 6.94. The van der Waals surface area contributed by atoms with Gasteiger partial charge in [0.2, 0.25) is 12.3 Å². The number of hydrogen-bond donors (Lipinski definition) is 1. The van der Waals surface area contributed by atoms with Crippen molar-refractivity contribution in [3.8, 4) is 0 Å². The quantitative estimate of drug-likeness (QED) is 0.806. The zero-order valence-electron chi connectivity index (χ0n) is 12.6. The Labute approximate surface area is 123 Å². The van der Waals surface area contributed by atoms with Gasteiger partial charge in [-0.25, -0.2) is 13.6 Å². The molecular formula is C14H22F2N2O3. The Kier molecular flexibility index (Phi) is 4.13. The Morgan fingerprint density at radius 1 is 1.48 bits per heavy atom. The van der Waals surface area contributed by atoms with Gasteiger partial charge in [-0.15, -0.1) is 0 Å². The Hall–Kier alpha value is -1.40. The van der Waals surface area contributed by atoms with Gasteiger partial charge in [-0.2, -0.15) is 0 Å². The van der Waals surface area contributed by atoms with Crippen LogP contribution in [0.3, 0.4) is 0 Å². The van der Waals surface area contributed by atoms with Crippen molar-refractivity contribution < 1.29 is 23.1 Å². The summed E-state index contributed by atoms with van der Waals surface area (Å²) in [7, 11) is 0. The summed E-state index contributed by atoms with van der Waals surface area (Å²) in [5, 5.41) is 2.49. The average molecular weight is 304 g/mol. The molecule has 2 aliphatic rings. The maximum Gasteiger partial charge on any atom is 0.410 e. The van der Waals surface area contributed by atoms with Gasteiger partial charge in [0.15, 0.2) is 0 Å². The molecule has 2 aliphatic heterocycles. The van der Waals surface area contributed by atoms with Crippen LogP contribution in [-0.2, 0) is 9.53 Å². The summed E-state index contributed by atoms with van der Waals surface area (Å²) < 4.78 is 31.8. The maximum absolute atomic E-state index is 13.3. The molecule has 120 valence electrons. The van der Waals surface area contributed by atoms with Crippen LogP contribution in [0.15, 0.2) is 0 Å². The molecule has 0 radical (unpaired) electrons. The first-order valence-electron chi connectivity index (χ1n) is 7.16. The van der Waals surface area contributed by atoms with E-state index in [0.717, 1.165) is 0 Å². The lowest BCUT2D eigenvalue weighted by molar-refractivity contribution is -0.131. The van der Waals surface area contributed by atoms with E-state index in [2.05, 4.69) is 5.32 Å². The van der Waals surface area contributed by atoms with Gasteiger partial charge in [0.25, 0.3) is 0 Å². The second-order valence-corrected chi connectivity index (χ2v) is 6.94. The number of nitrogens with one attached hydrogen (secondary N) is 1. The van der Waals surface area contributed by atoms with E-state index in [1.54, 1.807) is 20.8 Å². The van der Waals surface area contributed by atoms with Gasteiger partial charge in [0, 0.05) is 37.4 Å². The van der Waals surface area contributed by atoms with E-state index >= 15 is 0 Å². The number of likely N-dealkylation sites (tertiary alicyclic amines) is 1. The van der Waals surface area contributed by atoms with Crippen molar-refractivity contribution in [3.05, 3.63) is 0 Å². The summed E-state index contributed by atoms with van der Waals surface area (Å²) in [6.07, 6.45) is -2.56. The predicted molar refractivity (Wildman–Crippen MR) is 72.0 cm³/mol. The fraction of sp³-hybridized carbons (Fsp3) is 0.857. The fourth-order valence-corrected chi connectivity index (χ4v) is 3.14. The van der Waals surface area contributed by atoms with Crippen LogP contribution >= 0.6 is 0 Å². The van der Waals surface area contributed by atoms with Crippen molar-refractivity contribution in [3.63, 3.8) is 0 Å². The minimum Gasteiger partial charge on any atom is -0.444 e. The summed E-state index contributed by atoms with van der Waals surface area (Å²) in [5.74, 6) is -1.14. The lowest BCUT2D eigenvalue weighted by Gasteiger charge is -2.40. The first kappa shape index (κ1) is 16.0. The molecule has 0 aromatic rings. The van der Waals surface area contributed by atoms with Crippen molar-refractivity contribution in [2.45, 2.75) is 45.6 Å². The normalized spacial score (nSPS) is 29.9. The molecule has 21 heavy (non-hydrogen) atoms. The van der Waals surface area contributed by atoms with Gasteiger partial charge >= 0.3 is 6.09 Å². The molecular weight excluding hydrogens is 282 g/mol. The smallest absolute Gasteiger partial charge is 0.410 e. The number of piperidine rings is 1. The minimum atomic E-state index is -2.51. The number of ether oxygens (including phenoxy) is 1. The topological polar surface area (TPSA) is 58.6 Å². The SMILES string of the molecule is CC(C)(C)OC(=O)N1CCC2(CC(=O)NCC2C(F)F)C1. The molecule has 0 aromatic heterocycles. The van der Waals surface area contributed by atoms with Crippen LogP contribution in [0.1, 0.15) is 33.6 Å². The van der Waals surface area contributed by atoms with Crippen molar-refractivity contribution in [2.24, 2.45) is 11.3 Å². The molecule has 0 saturated carbocycles. The zero-order chi connectivity index (χ0) is 15.8. The highest BCUT2D eigenvalue weighted by molar-refractivity contribution is 5.78. The minimum absolute atomic E-state index is 0.0291. The molecule has 2 unspecified atom stereocenters. The number of halogens is 2. The summed E-state index contributed by atoms with van der Waals surface area (Å²) in [6.45, 7) is 5.75. The van der Waals surface area contributed by atoms with E-state index in [9.17, 15) is 18.4 Å². The van der Waals surface area contributed by atoms with E-state index in [0.29, 0.717) is 13.0 Å². The van der Waals surface area contributed by atoms with Crippen LogP contribution in [0.25, 0.3) is 0 Å². The van der Waals surface area contributed by atoms with Crippen LogP contribution in [0, 0.1) is 11.3 Å².